The smallest absolute Gasteiger partial charge is 0.251 e. The van der Waals surface area contributed by atoms with Crippen LogP contribution in [-0.2, 0) is 6.42 Å². The number of methoxy groups -OCH3 is 1. The number of benzene rings is 2. The summed E-state index contributed by atoms with van der Waals surface area (Å²) in [5.41, 5.74) is 3.83. The first-order chi connectivity index (χ1) is 11.6. The average Bonchev–Trinajstić information content (AvgIpc) is 2.60. The number of hydrogen-bond donors (Lipinski definition) is 1. The maximum Gasteiger partial charge on any atom is 0.251 e. The van der Waals surface area contributed by atoms with Gasteiger partial charge in [0, 0.05) is 24.2 Å². The van der Waals surface area contributed by atoms with Gasteiger partial charge in [-0.05, 0) is 43.8 Å². The summed E-state index contributed by atoms with van der Waals surface area (Å²) in [7, 11) is 5.66. The molecule has 0 radical (unpaired) electrons. The van der Waals surface area contributed by atoms with Gasteiger partial charge in [-0.3, -0.25) is 4.79 Å². The third-order valence-corrected chi connectivity index (χ3v) is 3.96. The van der Waals surface area contributed by atoms with E-state index in [4.69, 9.17) is 4.74 Å². The van der Waals surface area contributed by atoms with Crippen molar-refractivity contribution in [2.75, 3.05) is 34.3 Å². The molecule has 2 aromatic rings. The maximum absolute atomic E-state index is 12.3. The van der Waals surface area contributed by atoms with Crippen LogP contribution >= 0.6 is 0 Å². The zero-order chi connectivity index (χ0) is 17.5. The van der Waals surface area contributed by atoms with E-state index in [-0.39, 0.29) is 5.91 Å². The van der Waals surface area contributed by atoms with Crippen molar-refractivity contribution in [2.45, 2.75) is 13.3 Å². The largest absolute Gasteiger partial charge is 0.496 e. The Morgan fingerprint density at radius 2 is 1.92 bits per heavy atom. The lowest BCUT2D eigenvalue weighted by atomic mass is 9.98. The molecule has 0 spiro atoms. The first-order valence-electron chi connectivity index (χ1n) is 8.26. The molecule has 2 aromatic carbocycles. The van der Waals surface area contributed by atoms with Crippen molar-refractivity contribution < 1.29 is 9.53 Å². The van der Waals surface area contributed by atoms with E-state index < -0.39 is 0 Å². The summed E-state index contributed by atoms with van der Waals surface area (Å²) >= 11 is 0. The van der Waals surface area contributed by atoms with Gasteiger partial charge in [0.1, 0.15) is 5.75 Å². The van der Waals surface area contributed by atoms with E-state index in [0.717, 1.165) is 35.4 Å². The van der Waals surface area contributed by atoms with Gasteiger partial charge in [-0.2, -0.15) is 0 Å². The molecule has 0 aliphatic heterocycles. The minimum absolute atomic E-state index is 0.0516. The fraction of sp³-hybridized carbons (Fsp3) is 0.350. The number of carbonyl (C=O) groups is 1. The number of rotatable bonds is 7. The zero-order valence-electron chi connectivity index (χ0n) is 14.9. The highest BCUT2D eigenvalue weighted by molar-refractivity contribution is 5.95. The number of nitrogens with zero attached hydrogens (tertiary/aromatic N) is 1. The van der Waals surface area contributed by atoms with Crippen LogP contribution in [0.5, 0.6) is 5.75 Å². The van der Waals surface area contributed by atoms with Crippen LogP contribution in [0.4, 0.5) is 0 Å². The van der Waals surface area contributed by atoms with Crippen LogP contribution < -0.4 is 10.1 Å². The third kappa shape index (κ3) is 4.36. The molecule has 0 unspecified atom stereocenters. The molecule has 0 aromatic heterocycles. The molecule has 4 heteroatoms. The van der Waals surface area contributed by atoms with E-state index in [0.29, 0.717) is 12.1 Å². The maximum atomic E-state index is 12.3. The van der Waals surface area contributed by atoms with Crippen molar-refractivity contribution in [1.29, 1.82) is 0 Å². The van der Waals surface area contributed by atoms with E-state index in [2.05, 4.69) is 18.3 Å². The van der Waals surface area contributed by atoms with Crippen LogP contribution in [0.15, 0.2) is 42.5 Å². The minimum Gasteiger partial charge on any atom is -0.496 e. The van der Waals surface area contributed by atoms with E-state index in [1.165, 1.54) is 0 Å². The molecule has 0 atom stereocenters. The summed E-state index contributed by atoms with van der Waals surface area (Å²) in [4.78, 5) is 14.4. The molecule has 24 heavy (non-hydrogen) atoms. The van der Waals surface area contributed by atoms with Gasteiger partial charge in [-0.15, -0.1) is 0 Å². The normalized spacial score (nSPS) is 10.7. The van der Waals surface area contributed by atoms with Crippen molar-refractivity contribution >= 4 is 5.91 Å². The van der Waals surface area contributed by atoms with Gasteiger partial charge in [-0.1, -0.05) is 37.3 Å². The van der Waals surface area contributed by atoms with Gasteiger partial charge in [0.2, 0.25) is 0 Å². The van der Waals surface area contributed by atoms with Gasteiger partial charge in [-0.25, -0.2) is 0 Å². The zero-order valence-corrected chi connectivity index (χ0v) is 14.9. The molecule has 0 bridgehead atoms. The highest BCUT2D eigenvalue weighted by Crippen LogP contribution is 2.33. The predicted molar refractivity (Wildman–Crippen MR) is 98.7 cm³/mol. The summed E-state index contributed by atoms with van der Waals surface area (Å²) < 4.78 is 5.61. The molecule has 0 saturated carbocycles. The quantitative estimate of drug-likeness (QED) is 0.849. The Balaban J connectivity index is 2.26. The summed E-state index contributed by atoms with van der Waals surface area (Å²) in [5.74, 6) is 0.828. The van der Waals surface area contributed by atoms with Crippen LogP contribution in [0.1, 0.15) is 22.8 Å². The topological polar surface area (TPSA) is 41.6 Å². The van der Waals surface area contributed by atoms with Crippen molar-refractivity contribution in [3.05, 3.63) is 53.6 Å². The Morgan fingerprint density at radius 3 is 2.58 bits per heavy atom. The monoisotopic (exact) mass is 326 g/mol. The molecule has 128 valence electrons. The fourth-order valence-corrected chi connectivity index (χ4v) is 2.65. The van der Waals surface area contributed by atoms with E-state index in [1.807, 2.05) is 55.4 Å². The van der Waals surface area contributed by atoms with E-state index >= 15 is 0 Å². The second-order valence-corrected chi connectivity index (χ2v) is 5.99. The molecule has 0 heterocycles. The SMILES string of the molecule is CCc1cccc(-c2cccc(C(=O)NCCN(C)C)c2)c1OC. The number of amides is 1. The number of hydrogen-bond acceptors (Lipinski definition) is 3. The number of aryl methyl sites for hydroxylation is 1. The molecule has 1 N–H and O–H groups in total. The first kappa shape index (κ1) is 18.0. The van der Waals surface area contributed by atoms with Gasteiger partial charge in [0.05, 0.1) is 7.11 Å². The summed E-state index contributed by atoms with van der Waals surface area (Å²) in [6.45, 7) is 3.55. The van der Waals surface area contributed by atoms with Crippen molar-refractivity contribution in [1.82, 2.24) is 10.2 Å². The molecule has 4 nitrogen and oxygen atoms in total. The molecule has 2 rings (SSSR count). The van der Waals surface area contributed by atoms with Crippen LogP contribution in [0.25, 0.3) is 11.1 Å². The van der Waals surface area contributed by atoms with E-state index in [1.54, 1.807) is 7.11 Å². The van der Waals surface area contributed by atoms with Gasteiger partial charge in [0.15, 0.2) is 0 Å². The number of nitrogens with one attached hydrogen (secondary N) is 1. The number of para-hydroxylation sites is 1. The standard InChI is InChI=1S/C20H26N2O2/c1-5-15-8-7-11-18(19(15)24-4)16-9-6-10-17(14-16)20(23)21-12-13-22(2)3/h6-11,14H,5,12-13H2,1-4H3,(H,21,23). The lowest BCUT2D eigenvalue weighted by Gasteiger charge is -2.14. The second-order valence-electron chi connectivity index (χ2n) is 5.99. The Kier molecular flexibility index (Phi) is 6.38. The molecular weight excluding hydrogens is 300 g/mol. The van der Waals surface area contributed by atoms with Crippen molar-refractivity contribution in [2.24, 2.45) is 0 Å². The molecule has 0 aliphatic carbocycles. The van der Waals surface area contributed by atoms with E-state index in [9.17, 15) is 4.79 Å². The van der Waals surface area contributed by atoms with Crippen LogP contribution in [0.3, 0.4) is 0 Å². The lowest BCUT2D eigenvalue weighted by molar-refractivity contribution is 0.0951. The fourth-order valence-electron chi connectivity index (χ4n) is 2.65. The highest BCUT2D eigenvalue weighted by Gasteiger charge is 2.12. The Morgan fingerprint density at radius 1 is 1.17 bits per heavy atom. The van der Waals surface area contributed by atoms with Crippen LogP contribution in [-0.4, -0.2) is 45.1 Å². The van der Waals surface area contributed by atoms with Crippen LogP contribution in [0, 0.1) is 0 Å². The van der Waals surface area contributed by atoms with Crippen molar-refractivity contribution in [3.63, 3.8) is 0 Å². The summed E-state index contributed by atoms with van der Waals surface area (Å²) in [6.07, 6.45) is 0.904. The Labute approximate surface area is 144 Å². The molecule has 0 aliphatic rings. The number of carbonyl (C=O) groups excluding carboxylic acids is 1. The number of ether oxygens (including phenoxy) is 1. The average molecular weight is 326 g/mol. The lowest BCUT2D eigenvalue weighted by Crippen LogP contribution is -2.31. The third-order valence-electron chi connectivity index (χ3n) is 3.96. The van der Waals surface area contributed by atoms with Crippen LogP contribution in [0.2, 0.25) is 0 Å². The molecule has 0 fully saturated rings. The second kappa shape index (κ2) is 8.50. The predicted octanol–water partition coefficient (Wildman–Crippen LogP) is 3.22. The summed E-state index contributed by atoms with van der Waals surface area (Å²) in [6, 6.07) is 13.8. The van der Waals surface area contributed by atoms with Gasteiger partial charge >= 0.3 is 0 Å². The molecule has 1 amide bonds. The molecule has 0 saturated heterocycles. The summed E-state index contributed by atoms with van der Waals surface area (Å²) in [5, 5.41) is 2.95. The van der Waals surface area contributed by atoms with Gasteiger partial charge < -0.3 is 15.0 Å². The molecular formula is C20H26N2O2. The Bertz CT molecular complexity index is 696. The highest BCUT2D eigenvalue weighted by atomic mass is 16.5. The minimum atomic E-state index is -0.0516. The van der Waals surface area contributed by atoms with Crippen molar-refractivity contribution in [3.8, 4) is 16.9 Å². The Hall–Kier alpha value is -2.33. The number of likely N-dealkylation sites (N-methyl/N-ethyl adjacent to an activating group) is 1. The first-order valence-corrected chi connectivity index (χ1v) is 8.26. The van der Waals surface area contributed by atoms with Gasteiger partial charge in [0.25, 0.3) is 5.91 Å².